The third kappa shape index (κ3) is 2.27. The van der Waals surface area contributed by atoms with Gasteiger partial charge < -0.3 is 5.11 Å². The summed E-state index contributed by atoms with van der Waals surface area (Å²) in [6, 6.07) is 7.42. The summed E-state index contributed by atoms with van der Waals surface area (Å²) in [6.45, 7) is 0. The van der Waals surface area contributed by atoms with Crippen molar-refractivity contribution < 1.29 is 9.90 Å². The van der Waals surface area contributed by atoms with Gasteiger partial charge in [-0.2, -0.15) is 0 Å². The summed E-state index contributed by atoms with van der Waals surface area (Å²) in [4.78, 5) is 10.6. The standard InChI is InChI=1S/C10H8BrN3O2/c11-7-2-1-3-8(4-7)14-9(5-10(15)16)6-12-13-14/h1-4,6H,5H2,(H,15,16). The number of aromatic nitrogens is 3. The van der Waals surface area contributed by atoms with Crippen LogP contribution in [0.2, 0.25) is 0 Å². The molecule has 1 N–H and O–H groups in total. The van der Waals surface area contributed by atoms with Gasteiger partial charge in [-0.15, -0.1) is 5.10 Å². The Bertz CT molecular complexity index is 524. The molecule has 0 spiro atoms. The summed E-state index contributed by atoms with van der Waals surface area (Å²) in [5.41, 5.74) is 1.33. The molecule has 0 amide bonds. The number of benzene rings is 1. The Morgan fingerprint density at radius 1 is 1.50 bits per heavy atom. The summed E-state index contributed by atoms with van der Waals surface area (Å²) in [7, 11) is 0. The highest BCUT2D eigenvalue weighted by Crippen LogP contribution is 2.16. The van der Waals surface area contributed by atoms with Crippen LogP contribution in [0.5, 0.6) is 0 Å². The maximum atomic E-state index is 10.6. The topological polar surface area (TPSA) is 68.0 Å². The Morgan fingerprint density at radius 2 is 2.31 bits per heavy atom. The van der Waals surface area contributed by atoms with E-state index in [2.05, 4.69) is 26.2 Å². The van der Waals surface area contributed by atoms with Crippen molar-refractivity contribution >= 4 is 21.9 Å². The second-order valence-corrected chi connectivity index (χ2v) is 4.10. The van der Waals surface area contributed by atoms with Gasteiger partial charge in [-0.25, -0.2) is 4.68 Å². The quantitative estimate of drug-likeness (QED) is 0.929. The van der Waals surface area contributed by atoms with E-state index in [-0.39, 0.29) is 6.42 Å². The van der Waals surface area contributed by atoms with E-state index in [0.717, 1.165) is 10.2 Å². The van der Waals surface area contributed by atoms with Gasteiger partial charge >= 0.3 is 5.97 Å². The third-order valence-electron chi connectivity index (χ3n) is 2.01. The van der Waals surface area contributed by atoms with Crippen LogP contribution in [0.15, 0.2) is 34.9 Å². The van der Waals surface area contributed by atoms with Crippen molar-refractivity contribution in [3.05, 3.63) is 40.6 Å². The van der Waals surface area contributed by atoms with E-state index in [1.807, 2.05) is 24.3 Å². The zero-order chi connectivity index (χ0) is 11.5. The van der Waals surface area contributed by atoms with Gasteiger partial charge in [-0.1, -0.05) is 27.2 Å². The normalized spacial score (nSPS) is 10.3. The molecule has 6 heteroatoms. The van der Waals surface area contributed by atoms with Crippen LogP contribution in [0.4, 0.5) is 0 Å². The number of halogens is 1. The fourth-order valence-electron chi connectivity index (χ4n) is 1.36. The van der Waals surface area contributed by atoms with Crippen LogP contribution in [0.25, 0.3) is 5.69 Å². The van der Waals surface area contributed by atoms with Gasteiger partial charge in [0.05, 0.1) is 24.0 Å². The monoisotopic (exact) mass is 281 g/mol. The second-order valence-electron chi connectivity index (χ2n) is 3.19. The van der Waals surface area contributed by atoms with Crippen molar-refractivity contribution in [2.75, 3.05) is 0 Å². The predicted molar refractivity (Wildman–Crippen MR) is 60.4 cm³/mol. The van der Waals surface area contributed by atoms with Crippen molar-refractivity contribution in [2.45, 2.75) is 6.42 Å². The Kier molecular flexibility index (Phi) is 3.00. The van der Waals surface area contributed by atoms with Crippen LogP contribution in [0.3, 0.4) is 0 Å². The first kappa shape index (κ1) is 10.8. The molecule has 0 radical (unpaired) electrons. The van der Waals surface area contributed by atoms with Crippen molar-refractivity contribution in [1.29, 1.82) is 0 Å². The first-order chi connectivity index (χ1) is 7.66. The Balaban J connectivity index is 2.40. The molecule has 16 heavy (non-hydrogen) atoms. The molecule has 0 aliphatic rings. The number of nitrogens with zero attached hydrogens (tertiary/aromatic N) is 3. The summed E-state index contributed by atoms with van der Waals surface area (Å²) in [5.74, 6) is -0.904. The molecule has 5 nitrogen and oxygen atoms in total. The number of aliphatic carboxylic acids is 1. The third-order valence-corrected chi connectivity index (χ3v) is 2.50. The van der Waals surface area contributed by atoms with Gasteiger partial charge in [0.2, 0.25) is 0 Å². The van der Waals surface area contributed by atoms with Gasteiger partial charge in [0.1, 0.15) is 0 Å². The molecule has 0 fully saturated rings. The van der Waals surface area contributed by atoms with E-state index < -0.39 is 5.97 Å². The van der Waals surface area contributed by atoms with Crippen LogP contribution in [-0.2, 0) is 11.2 Å². The van der Waals surface area contributed by atoms with Gasteiger partial charge in [0.15, 0.2) is 0 Å². The number of carbonyl (C=O) groups is 1. The van der Waals surface area contributed by atoms with Crippen molar-refractivity contribution in [2.24, 2.45) is 0 Å². The zero-order valence-corrected chi connectivity index (χ0v) is 9.75. The smallest absolute Gasteiger partial charge is 0.309 e. The van der Waals surface area contributed by atoms with Crippen LogP contribution < -0.4 is 0 Å². The van der Waals surface area contributed by atoms with E-state index >= 15 is 0 Å². The minimum Gasteiger partial charge on any atom is -0.481 e. The molecule has 0 unspecified atom stereocenters. The van der Waals surface area contributed by atoms with Gasteiger partial charge in [0.25, 0.3) is 0 Å². The SMILES string of the molecule is O=C(O)Cc1cnnn1-c1cccc(Br)c1. The Morgan fingerprint density at radius 3 is 3.00 bits per heavy atom. The number of hydrogen-bond donors (Lipinski definition) is 1. The second kappa shape index (κ2) is 4.44. The average molecular weight is 282 g/mol. The molecule has 0 bridgehead atoms. The van der Waals surface area contributed by atoms with Crippen molar-refractivity contribution in [1.82, 2.24) is 15.0 Å². The molecule has 0 saturated carbocycles. The average Bonchev–Trinajstić information content (AvgIpc) is 2.65. The summed E-state index contributed by atoms with van der Waals surface area (Å²) >= 11 is 3.35. The van der Waals surface area contributed by atoms with Crippen LogP contribution in [0, 0.1) is 0 Å². The van der Waals surface area contributed by atoms with Crippen LogP contribution >= 0.6 is 15.9 Å². The molecule has 0 atom stereocenters. The summed E-state index contributed by atoms with van der Waals surface area (Å²) in [5, 5.41) is 16.3. The molecular formula is C10H8BrN3O2. The minimum absolute atomic E-state index is 0.0977. The molecule has 1 heterocycles. The maximum absolute atomic E-state index is 10.6. The van der Waals surface area contributed by atoms with Crippen molar-refractivity contribution in [3.63, 3.8) is 0 Å². The Labute approximate surface area is 99.8 Å². The Hall–Kier alpha value is -1.69. The summed E-state index contributed by atoms with van der Waals surface area (Å²) in [6.07, 6.45) is 1.36. The van der Waals surface area contributed by atoms with E-state index in [1.54, 1.807) is 0 Å². The molecular weight excluding hydrogens is 274 g/mol. The van der Waals surface area contributed by atoms with Gasteiger partial charge in [-0.3, -0.25) is 4.79 Å². The highest BCUT2D eigenvalue weighted by Gasteiger charge is 2.09. The highest BCUT2D eigenvalue weighted by atomic mass is 79.9. The molecule has 2 rings (SSSR count). The van der Waals surface area contributed by atoms with E-state index in [4.69, 9.17) is 5.11 Å². The van der Waals surface area contributed by atoms with Crippen LogP contribution in [0.1, 0.15) is 5.69 Å². The number of carboxylic acid groups (broad SMARTS) is 1. The zero-order valence-electron chi connectivity index (χ0n) is 8.17. The first-order valence-corrected chi connectivity index (χ1v) is 5.33. The molecule has 82 valence electrons. The van der Waals surface area contributed by atoms with Crippen molar-refractivity contribution in [3.8, 4) is 5.69 Å². The molecule has 0 saturated heterocycles. The minimum atomic E-state index is -0.904. The molecule has 0 aliphatic carbocycles. The summed E-state index contributed by atoms with van der Waals surface area (Å²) < 4.78 is 2.42. The molecule has 1 aromatic heterocycles. The predicted octanol–water partition coefficient (Wildman–Crippen LogP) is 1.66. The largest absolute Gasteiger partial charge is 0.481 e. The van der Waals surface area contributed by atoms with E-state index in [9.17, 15) is 4.79 Å². The van der Waals surface area contributed by atoms with Gasteiger partial charge in [0, 0.05) is 4.47 Å². The van der Waals surface area contributed by atoms with Gasteiger partial charge in [-0.05, 0) is 18.2 Å². The fraction of sp³-hybridized carbons (Fsp3) is 0.100. The van der Waals surface area contributed by atoms with E-state index in [0.29, 0.717) is 5.69 Å². The lowest BCUT2D eigenvalue weighted by atomic mass is 10.3. The lowest BCUT2D eigenvalue weighted by Crippen LogP contribution is -2.07. The fourth-order valence-corrected chi connectivity index (χ4v) is 1.74. The molecule has 0 aliphatic heterocycles. The van der Waals surface area contributed by atoms with E-state index in [1.165, 1.54) is 10.9 Å². The lowest BCUT2D eigenvalue weighted by Gasteiger charge is -2.04. The number of hydrogen-bond acceptors (Lipinski definition) is 3. The molecule has 2 aromatic rings. The molecule has 1 aromatic carbocycles. The lowest BCUT2D eigenvalue weighted by molar-refractivity contribution is -0.136. The highest BCUT2D eigenvalue weighted by molar-refractivity contribution is 9.10. The first-order valence-electron chi connectivity index (χ1n) is 4.54. The maximum Gasteiger partial charge on any atom is 0.309 e. The van der Waals surface area contributed by atoms with Crippen LogP contribution in [-0.4, -0.2) is 26.1 Å². The number of rotatable bonds is 3. The number of carboxylic acids is 1.